The second-order valence-corrected chi connectivity index (χ2v) is 4.36. The number of nitrogens with one attached hydrogen (secondary N) is 2. The molecule has 104 valence electrons. The predicted octanol–water partition coefficient (Wildman–Crippen LogP) is 0.618. The highest BCUT2D eigenvalue weighted by molar-refractivity contribution is 5.81. The summed E-state index contributed by atoms with van der Waals surface area (Å²) in [4.78, 5) is 22.5. The average Bonchev–Trinajstić information content (AvgIpc) is 2.41. The molecule has 0 aliphatic heterocycles. The smallest absolute Gasteiger partial charge is 0.234 e. The number of aldehydes is 1. The molecule has 0 saturated heterocycles. The minimum absolute atomic E-state index is 0.180. The predicted molar refractivity (Wildman–Crippen MR) is 73.0 cm³/mol. The summed E-state index contributed by atoms with van der Waals surface area (Å²) in [5.74, 6) is -0.0106. The minimum Gasteiger partial charge on any atom is -0.508 e. The number of hydrogen-bond donors (Lipinski definition) is 3. The summed E-state index contributed by atoms with van der Waals surface area (Å²) in [6.07, 6.45) is 2.10. The number of phenols is 1. The molecule has 1 amide bonds. The van der Waals surface area contributed by atoms with Crippen LogP contribution in [0.1, 0.15) is 18.9 Å². The maximum atomic E-state index is 11.6. The van der Waals surface area contributed by atoms with Gasteiger partial charge in [-0.2, -0.15) is 0 Å². The van der Waals surface area contributed by atoms with E-state index in [1.54, 1.807) is 24.3 Å². The van der Waals surface area contributed by atoms with Crippen LogP contribution in [-0.2, 0) is 16.0 Å². The third kappa shape index (κ3) is 6.01. The number of benzene rings is 1. The summed E-state index contributed by atoms with van der Waals surface area (Å²) in [6.45, 7) is 3.01. The topological polar surface area (TPSA) is 78.4 Å². The Morgan fingerprint density at radius 1 is 1.37 bits per heavy atom. The molecule has 5 heteroatoms. The van der Waals surface area contributed by atoms with E-state index >= 15 is 0 Å². The van der Waals surface area contributed by atoms with Gasteiger partial charge in [-0.1, -0.05) is 19.1 Å². The van der Waals surface area contributed by atoms with E-state index in [1.165, 1.54) is 0 Å². The second kappa shape index (κ2) is 8.26. The van der Waals surface area contributed by atoms with Crippen LogP contribution in [0, 0.1) is 0 Å². The molecular formula is C14H20N2O3. The van der Waals surface area contributed by atoms with Crippen molar-refractivity contribution in [1.82, 2.24) is 10.6 Å². The Hall–Kier alpha value is -1.88. The van der Waals surface area contributed by atoms with Crippen molar-refractivity contribution in [3.8, 4) is 5.75 Å². The van der Waals surface area contributed by atoms with Crippen molar-refractivity contribution in [3.63, 3.8) is 0 Å². The van der Waals surface area contributed by atoms with Crippen LogP contribution < -0.4 is 10.6 Å². The van der Waals surface area contributed by atoms with E-state index in [0.29, 0.717) is 6.42 Å². The number of aromatic hydroxyl groups is 1. The standard InChI is InChI=1S/C14H20N2O3/c1-2-7-15-9-14(19)16-12(10-17)8-11-3-5-13(18)6-4-11/h3-6,10,12,15,18H,2,7-9H2,1H3,(H,16,19). The Balaban J connectivity index is 2.42. The minimum atomic E-state index is -0.541. The molecule has 0 aliphatic rings. The van der Waals surface area contributed by atoms with Crippen LogP contribution >= 0.6 is 0 Å². The molecule has 1 unspecified atom stereocenters. The van der Waals surface area contributed by atoms with E-state index < -0.39 is 6.04 Å². The fourth-order valence-corrected chi connectivity index (χ4v) is 1.66. The molecule has 5 nitrogen and oxygen atoms in total. The van der Waals surface area contributed by atoms with Gasteiger partial charge < -0.3 is 20.5 Å². The maximum Gasteiger partial charge on any atom is 0.234 e. The molecule has 0 aliphatic carbocycles. The number of phenolic OH excluding ortho intramolecular Hbond substituents is 1. The van der Waals surface area contributed by atoms with Crippen molar-refractivity contribution in [2.24, 2.45) is 0 Å². The summed E-state index contributed by atoms with van der Waals surface area (Å²) in [5.41, 5.74) is 0.886. The van der Waals surface area contributed by atoms with E-state index in [-0.39, 0.29) is 18.2 Å². The molecule has 0 spiro atoms. The number of carbonyl (C=O) groups is 2. The molecule has 0 heterocycles. The van der Waals surface area contributed by atoms with E-state index in [0.717, 1.165) is 24.8 Å². The van der Waals surface area contributed by atoms with Crippen LogP contribution in [0.3, 0.4) is 0 Å². The van der Waals surface area contributed by atoms with Gasteiger partial charge in [-0.25, -0.2) is 0 Å². The third-order valence-corrected chi connectivity index (χ3v) is 2.61. The van der Waals surface area contributed by atoms with Gasteiger partial charge in [0.25, 0.3) is 0 Å². The van der Waals surface area contributed by atoms with Crippen molar-refractivity contribution < 1.29 is 14.7 Å². The van der Waals surface area contributed by atoms with Crippen LogP contribution in [0.25, 0.3) is 0 Å². The van der Waals surface area contributed by atoms with Gasteiger partial charge >= 0.3 is 0 Å². The first-order valence-corrected chi connectivity index (χ1v) is 6.39. The number of amides is 1. The fraction of sp³-hybridized carbons (Fsp3) is 0.429. The summed E-state index contributed by atoms with van der Waals surface area (Å²) in [5, 5.41) is 14.8. The highest BCUT2D eigenvalue weighted by Gasteiger charge is 2.11. The van der Waals surface area contributed by atoms with Crippen LogP contribution in [0.4, 0.5) is 0 Å². The van der Waals surface area contributed by atoms with Gasteiger partial charge in [0.05, 0.1) is 12.6 Å². The van der Waals surface area contributed by atoms with Gasteiger partial charge in [0.1, 0.15) is 12.0 Å². The molecule has 1 rings (SSSR count). The first-order valence-electron chi connectivity index (χ1n) is 6.39. The van der Waals surface area contributed by atoms with Gasteiger partial charge in [-0.3, -0.25) is 4.79 Å². The molecule has 1 atom stereocenters. The molecule has 0 fully saturated rings. The number of carbonyl (C=O) groups excluding carboxylic acids is 2. The second-order valence-electron chi connectivity index (χ2n) is 4.36. The highest BCUT2D eigenvalue weighted by Crippen LogP contribution is 2.10. The SMILES string of the molecule is CCCNCC(=O)NC(C=O)Cc1ccc(O)cc1. The molecule has 1 aromatic carbocycles. The molecule has 0 aromatic heterocycles. The van der Waals surface area contributed by atoms with Crippen LogP contribution in [0.15, 0.2) is 24.3 Å². The van der Waals surface area contributed by atoms with Gasteiger partial charge in [0.15, 0.2) is 0 Å². The zero-order valence-electron chi connectivity index (χ0n) is 11.1. The summed E-state index contributed by atoms with van der Waals surface area (Å²) in [7, 11) is 0. The van der Waals surface area contributed by atoms with Crippen molar-refractivity contribution in [2.45, 2.75) is 25.8 Å². The Morgan fingerprint density at radius 3 is 2.63 bits per heavy atom. The van der Waals surface area contributed by atoms with Crippen LogP contribution in [-0.4, -0.2) is 36.4 Å². The molecule has 1 aromatic rings. The first kappa shape index (κ1) is 15.2. The summed E-state index contributed by atoms with van der Waals surface area (Å²) in [6, 6.07) is 6.03. The van der Waals surface area contributed by atoms with E-state index in [4.69, 9.17) is 5.11 Å². The molecule has 0 saturated carbocycles. The lowest BCUT2D eigenvalue weighted by Crippen LogP contribution is -2.42. The van der Waals surface area contributed by atoms with Gasteiger partial charge in [-0.05, 0) is 37.1 Å². The quantitative estimate of drug-likeness (QED) is 0.475. The summed E-state index contributed by atoms with van der Waals surface area (Å²) >= 11 is 0. The number of rotatable bonds is 8. The van der Waals surface area contributed by atoms with E-state index in [2.05, 4.69) is 10.6 Å². The average molecular weight is 264 g/mol. The zero-order chi connectivity index (χ0) is 14.1. The zero-order valence-corrected chi connectivity index (χ0v) is 11.1. The molecule has 0 radical (unpaired) electrons. The lowest BCUT2D eigenvalue weighted by molar-refractivity contribution is -0.123. The van der Waals surface area contributed by atoms with Crippen molar-refractivity contribution in [3.05, 3.63) is 29.8 Å². The molecule has 3 N–H and O–H groups in total. The van der Waals surface area contributed by atoms with Crippen LogP contribution in [0.2, 0.25) is 0 Å². The maximum absolute atomic E-state index is 11.6. The lowest BCUT2D eigenvalue weighted by Gasteiger charge is -2.13. The first-order chi connectivity index (χ1) is 9.15. The van der Waals surface area contributed by atoms with E-state index in [1.807, 2.05) is 6.92 Å². The Bertz CT molecular complexity index is 404. The monoisotopic (exact) mass is 264 g/mol. The Morgan fingerprint density at radius 2 is 2.05 bits per heavy atom. The number of hydrogen-bond acceptors (Lipinski definition) is 4. The summed E-state index contributed by atoms with van der Waals surface area (Å²) < 4.78 is 0. The van der Waals surface area contributed by atoms with Gasteiger partial charge in [-0.15, -0.1) is 0 Å². The normalized spacial score (nSPS) is 11.8. The highest BCUT2D eigenvalue weighted by atomic mass is 16.3. The molecular weight excluding hydrogens is 244 g/mol. The fourth-order valence-electron chi connectivity index (χ4n) is 1.66. The third-order valence-electron chi connectivity index (χ3n) is 2.61. The largest absolute Gasteiger partial charge is 0.508 e. The molecule has 19 heavy (non-hydrogen) atoms. The molecule has 0 bridgehead atoms. The van der Waals surface area contributed by atoms with Crippen molar-refractivity contribution in [1.29, 1.82) is 0 Å². The van der Waals surface area contributed by atoms with Crippen LogP contribution in [0.5, 0.6) is 5.75 Å². The van der Waals surface area contributed by atoms with Crippen molar-refractivity contribution in [2.75, 3.05) is 13.1 Å². The van der Waals surface area contributed by atoms with Crippen molar-refractivity contribution >= 4 is 12.2 Å². The van der Waals surface area contributed by atoms with Gasteiger partial charge in [0.2, 0.25) is 5.91 Å². The van der Waals surface area contributed by atoms with Gasteiger partial charge in [0, 0.05) is 0 Å². The Kier molecular flexibility index (Phi) is 6.60. The van der Waals surface area contributed by atoms with E-state index in [9.17, 15) is 9.59 Å². The lowest BCUT2D eigenvalue weighted by atomic mass is 10.1. The Labute approximate surface area is 113 Å².